The van der Waals surface area contributed by atoms with Crippen LogP contribution >= 0.6 is 11.6 Å². The van der Waals surface area contributed by atoms with Gasteiger partial charge in [-0.2, -0.15) is 9.78 Å². The molecule has 0 saturated carbocycles. The van der Waals surface area contributed by atoms with Gasteiger partial charge in [-0.1, -0.05) is 11.6 Å². The number of anilines is 1. The summed E-state index contributed by atoms with van der Waals surface area (Å²) in [5.41, 5.74) is 9.80. The van der Waals surface area contributed by atoms with Crippen LogP contribution < -0.4 is 5.73 Å². The van der Waals surface area contributed by atoms with Crippen LogP contribution in [0, 0.1) is 0 Å². The highest BCUT2D eigenvalue weighted by Crippen LogP contribution is 2.36. The van der Waals surface area contributed by atoms with Gasteiger partial charge < -0.3 is 15.8 Å². The van der Waals surface area contributed by atoms with Gasteiger partial charge in [-0.05, 0) is 43.7 Å². The molecule has 0 radical (unpaired) electrons. The normalized spacial score (nSPS) is 23.4. The number of aromatic nitrogens is 3. The maximum Gasteiger partial charge on any atom is 0.256 e. The van der Waals surface area contributed by atoms with Crippen molar-refractivity contribution in [1.82, 2.24) is 14.8 Å². The minimum absolute atomic E-state index is 0.108. The number of carbonyl (C=O) groups is 1. The Balaban J connectivity index is 1.71. The molecule has 2 aliphatic rings. The lowest BCUT2D eigenvalue weighted by Crippen LogP contribution is -2.25. The zero-order chi connectivity index (χ0) is 16.1. The van der Waals surface area contributed by atoms with E-state index in [1.54, 1.807) is 0 Å². The van der Waals surface area contributed by atoms with Gasteiger partial charge in [0.2, 0.25) is 0 Å². The molecule has 2 heterocycles. The van der Waals surface area contributed by atoms with E-state index in [2.05, 4.69) is 10.1 Å². The molecule has 0 aliphatic heterocycles. The summed E-state index contributed by atoms with van der Waals surface area (Å²) in [4.78, 5) is 16.1. The van der Waals surface area contributed by atoms with Crippen LogP contribution in [0.15, 0.2) is 6.07 Å². The van der Waals surface area contributed by atoms with Crippen molar-refractivity contribution in [2.24, 2.45) is 0 Å². The maximum atomic E-state index is 13.0. The highest BCUT2D eigenvalue weighted by Gasteiger charge is 2.33. The highest BCUT2D eigenvalue weighted by atomic mass is 35.5. The number of halogens is 1. The third kappa shape index (κ3) is 2.37. The Labute approximate surface area is 138 Å². The molecule has 4 N–H and O–H groups in total. The molecule has 2 aromatic heterocycles. The monoisotopic (exact) mass is 334 g/mol. The summed E-state index contributed by atoms with van der Waals surface area (Å²) < 4.78 is 1.34. The Bertz CT molecular complexity index is 779. The predicted molar refractivity (Wildman–Crippen MR) is 86.8 cm³/mol. The molecule has 0 bridgehead atoms. The van der Waals surface area contributed by atoms with Crippen molar-refractivity contribution >= 4 is 23.3 Å². The van der Waals surface area contributed by atoms with E-state index in [-0.39, 0.29) is 11.8 Å². The van der Waals surface area contributed by atoms with E-state index in [1.165, 1.54) is 4.68 Å². The minimum Gasteiger partial charge on any atom is -0.393 e. The van der Waals surface area contributed by atoms with Gasteiger partial charge in [0.05, 0.1) is 17.7 Å². The number of rotatable bonds is 1. The van der Waals surface area contributed by atoms with Crippen molar-refractivity contribution in [2.45, 2.75) is 50.5 Å². The average molecular weight is 335 g/mol. The zero-order valence-corrected chi connectivity index (χ0v) is 13.4. The van der Waals surface area contributed by atoms with Gasteiger partial charge in [-0.25, -0.2) is 0 Å². The summed E-state index contributed by atoms with van der Waals surface area (Å²) in [5.74, 6) is -0.00316. The second-order valence-electron chi connectivity index (χ2n) is 6.45. The standard InChI is InChI=1S/C16H19ClN4O2/c17-14-7-10-9(2-1-3-12(10)19-14)16(23)21-15(18)11-6-8(22)4-5-13(11)20-21/h7-9,19,22H,1-6,18H2/t8-,9?/m0/s1. The van der Waals surface area contributed by atoms with Crippen LogP contribution in [0.25, 0.3) is 0 Å². The van der Waals surface area contributed by atoms with E-state index in [0.29, 0.717) is 30.2 Å². The first-order valence-electron chi connectivity index (χ1n) is 8.00. The van der Waals surface area contributed by atoms with Gasteiger partial charge in [0.25, 0.3) is 5.91 Å². The molecule has 23 heavy (non-hydrogen) atoms. The first-order chi connectivity index (χ1) is 11.0. The fraction of sp³-hybridized carbons (Fsp3) is 0.500. The van der Waals surface area contributed by atoms with Crippen LogP contribution in [-0.2, 0) is 19.3 Å². The number of nitrogens with zero attached hydrogens (tertiary/aromatic N) is 2. The number of nitrogen functional groups attached to an aromatic ring is 1. The van der Waals surface area contributed by atoms with Gasteiger partial charge in [-0.3, -0.25) is 4.79 Å². The largest absolute Gasteiger partial charge is 0.393 e. The molecule has 4 rings (SSSR count). The van der Waals surface area contributed by atoms with Crippen molar-refractivity contribution in [3.8, 4) is 0 Å². The summed E-state index contributed by atoms with van der Waals surface area (Å²) in [7, 11) is 0. The molecule has 1 unspecified atom stereocenters. The van der Waals surface area contributed by atoms with Gasteiger partial charge >= 0.3 is 0 Å². The van der Waals surface area contributed by atoms with E-state index >= 15 is 0 Å². The van der Waals surface area contributed by atoms with Crippen LogP contribution in [0.2, 0.25) is 5.15 Å². The summed E-state index contributed by atoms with van der Waals surface area (Å²) >= 11 is 6.05. The number of hydrogen-bond acceptors (Lipinski definition) is 4. The van der Waals surface area contributed by atoms with Crippen LogP contribution in [0.5, 0.6) is 0 Å². The second kappa shape index (κ2) is 5.39. The number of aromatic amines is 1. The number of nitrogens with two attached hydrogens (primary N) is 1. The summed E-state index contributed by atoms with van der Waals surface area (Å²) in [6.07, 6.45) is 4.00. The van der Waals surface area contributed by atoms with E-state index < -0.39 is 6.10 Å². The molecule has 2 aliphatic carbocycles. The molecule has 122 valence electrons. The van der Waals surface area contributed by atoms with Crippen LogP contribution in [0.4, 0.5) is 5.82 Å². The lowest BCUT2D eigenvalue weighted by molar-refractivity contribution is 0.0854. The fourth-order valence-electron chi connectivity index (χ4n) is 3.78. The number of fused-ring (bicyclic) bond motifs is 2. The summed E-state index contributed by atoms with van der Waals surface area (Å²) in [5, 5.41) is 14.8. The first-order valence-corrected chi connectivity index (χ1v) is 8.38. The molecular weight excluding hydrogens is 316 g/mol. The first kappa shape index (κ1) is 14.8. The highest BCUT2D eigenvalue weighted by molar-refractivity contribution is 6.29. The molecule has 0 aromatic carbocycles. The predicted octanol–water partition coefficient (Wildman–Crippen LogP) is 2.06. The number of carbonyl (C=O) groups excluding carboxylic acids is 1. The van der Waals surface area contributed by atoms with Crippen molar-refractivity contribution in [3.63, 3.8) is 0 Å². The number of aliphatic hydroxyl groups is 1. The van der Waals surface area contributed by atoms with Gasteiger partial charge in [0.15, 0.2) is 0 Å². The molecule has 2 aromatic rings. The Morgan fingerprint density at radius 2 is 2.26 bits per heavy atom. The Morgan fingerprint density at radius 1 is 1.43 bits per heavy atom. The molecular formula is C16H19ClN4O2. The van der Waals surface area contributed by atoms with Crippen molar-refractivity contribution < 1.29 is 9.90 Å². The van der Waals surface area contributed by atoms with Gasteiger partial charge in [0, 0.05) is 17.7 Å². The number of aryl methyl sites for hydroxylation is 2. The van der Waals surface area contributed by atoms with Crippen LogP contribution in [0.1, 0.15) is 52.5 Å². The van der Waals surface area contributed by atoms with E-state index in [0.717, 1.165) is 41.8 Å². The Hall–Kier alpha value is -1.79. The molecule has 0 fully saturated rings. The molecule has 6 nitrogen and oxygen atoms in total. The molecule has 2 atom stereocenters. The van der Waals surface area contributed by atoms with Crippen molar-refractivity contribution in [2.75, 3.05) is 5.73 Å². The van der Waals surface area contributed by atoms with Crippen LogP contribution in [-0.4, -0.2) is 31.9 Å². The number of aliphatic hydroxyl groups excluding tert-OH is 1. The van der Waals surface area contributed by atoms with E-state index in [4.69, 9.17) is 17.3 Å². The number of nitrogens with one attached hydrogen (secondary N) is 1. The Morgan fingerprint density at radius 3 is 3.09 bits per heavy atom. The van der Waals surface area contributed by atoms with E-state index in [1.807, 2.05) is 6.07 Å². The molecule has 0 amide bonds. The Kier molecular flexibility index (Phi) is 3.46. The SMILES string of the molecule is Nc1c2c(nn1C(=O)C1CCCc3[nH]c(Cl)cc31)CC[C@H](O)C2. The van der Waals surface area contributed by atoms with Crippen LogP contribution in [0.3, 0.4) is 0 Å². The van der Waals surface area contributed by atoms with Gasteiger partial charge in [-0.15, -0.1) is 0 Å². The van der Waals surface area contributed by atoms with Crippen molar-refractivity contribution in [1.29, 1.82) is 0 Å². The third-order valence-electron chi connectivity index (χ3n) is 4.96. The van der Waals surface area contributed by atoms with E-state index in [9.17, 15) is 9.90 Å². The number of hydrogen-bond donors (Lipinski definition) is 3. The van der Waals surface area contributed by atoms with Crippen molar-refractivity contribution in [3.05, 3.63) is 33.7 Å². The summed E-state index contributed by atoms with van der Waals surface area (Å²) in [6.45, 7) is 0. The average Bonchev–Trinajstić information content (AvgIpc) is 3.06. The maximum absolute atomic E-state index is 13.0. The molecule has 0 spiro atoms. The summed E-state index contributed by atoms with van der Waals surface area (Å²) in [6, 6.07) is 1.84. The van der Waals surface area contributed by atoms with Gasteiger partial charge in [0.1, 0.15) is 11.0 Å². The molecule has 0 saturated heterocycles. The minimum atomic E-state index is -0.401. The number of H-pyrrole nitrogens is 1. The lowest BCUT2D eigenvalue weighted by atomic mass is 9.86. The smallest absolute Gasteiger partial charge is 0.256 e. The quantitative estimate of drug-likeness (QED) is 0.743. The second-order valence-corrected chi connectivity index (χ2v) is 6.86. The molecule has 7 heteroatoms. The third-order valence-corrected chi connectivity index (χ3v) is 5.17. The topological polar surface area (TPSA) is 96.9 Å². The fourth-order valence-corrected chi connectivity index (χ4v) is 4.01. The lowest BCUT2D eigenvalue weighted by Gasteiger charge is -2.21. The zero-order valence-electron chi connectivity index (χ0n) is 12.7.